The first-order chi connectivity index (χ1) is 11.0. The summed E-state index contributed by atoms with van der Waals surface area (Å²) in [7, 11) is 0. The van der Waals surface area contributed by atoms with Gasteiger partial charge in [0.2, 0.25) is 0 Å². The molecule has 0 aliphatic rings. The van der Waals surface area contributed by atoms with Crippen LogP contribution in [-0.4, -0.2) is 22.6 Å². The van der Waals surface area contributed by atoms with Gasteiger partial charge in [0.15, 0.2) is 11.5 Å². The van der Waals surface area contributed by atoms with Crippen molar-refractivity contribution >= 4 is 17.4 Å². The van der Waals surface area contributed by atoms with Crippen LogP contribution < -0.4 is 10.6 Å². The largest absolute Gasteiger partial charge is 0.351 e. The minimum absolute atomic E-state index is 0.190. The van der Waals surface area contributed by atoms with Gasteiger partial charge >= 0.3 is 0 Å². The number of amides is 1. The molecule has 23 heavy (non-hydrogen) atoms. The second-order valence-corrected chi connectivity index (χ2v) is 5.88. The highest BCUT2D eigenvalue weighted by molar-refractivity contribution is 5.92. The second-order valence-electron chi connectivity index (χ2n) is 5.88. The highest BCUT2D eigenvalue weighted by Gasteiger charge is 2.11. The summed E-state index contributed by atoms with van der Waals surface area (Å²) in [5.41, 5.74) is 3.78. The molecular formula is C18H24N4O. The third-order valence-corrected chi connectivity index (χ3v) is 3.61. The first-order valence-electron chi connectivity index (χ1n) is 8.01. The molecule has 1 heterocycles. The Balaban J connectivity index is 2.17. The lowest BCUT2D eigenvalue weighted by molar-refractivity contribution is 0.0947. The Hall–Kier alpha value is -2.43. The maximum atomic E-state index is 11.8. The highest BCUT2D eigenvalue weighted by Crippen LogP contribution is 2.29. The average Bonchev–Trinajstić information content (AvgIpc) is 2.55. The number of hydrogen-bond donors (Lipinski definition) is 2. The monoisotopic (exact) mass is 312 g/mol. The number of aryl methyl sites for hydroxylation is 1. The zero-order valence-corrected chi connectivity index (χ0v) is 14.2. The van der Waals surface area contributed by atoms with E-state index in [0.717, 1.165) is 17.7 Å². The molecule has 0 saturated heterocycles. The number of carbonyl (C=O) groups excluding carboxylic acids is 1. The zero-order valence-electron chi connectivity index (χ0n) is 14.2. The van der Waals surface area contributed by atoms with Crippen LogP contribution in [0, 0.1) is 6.92 Å². The summed E-state index contributed by atoms with van der Waals surface area (Å²) in [5.74, 6) is 0.849. The number of aromatic nitrogens is 2. The summed E-state index contributed by atoms with van der Waals surface area (Å²) in [4.78, 5) is 11.8. The van der Waals surface area contributed by atoms with Gasteiger partial charge in [-0.2, -0.15) is 0 Å². The molecule has 0 atom stereocenters. The molecule has 0 radical (unpaired) electrons. The van der Waals surface area contributed by atoms with E-state index in [-0.39, 0.29) is 5.91 Å². The van der Waals surface area contributed by atoms with Gasteiger partial charge < -0.3 is 10.6 Å². The predicted octanol–water partition coefficient (Wildman–Crippen LogP) is 3.79. The van der Waals surface area contributed by atoms with Gasteiger partial charge in [0, 0.05) is 12.2 Å². The molecule has 0 aliphatic carbocycles. The fourth-order valence-corrected chi connectivity index (χ4v) is 2.32. The molecule has 0 spiro atoms. The molecule has 5 heteroatoms. The van der Waals surface area contributed by atoms with Crippen LogP contribution in [0.1, 0.15) is 54.7 Å². The summed E-state index contributed by atoms with van der Waals surface area (Å²) >= 11 is 0. The van der Waals surface area contributed by atoms with Gasteiger partial charge in [0.1, 0.15) is 0 Å². The van der Waals surface area contributed by atoms with Crippen molar-refractivity contribution in [1.29, 1.82) is 0 Å². The van der Waals surface area contributed by atoms with Crippen molar-refractivity contribution in [2.75, 3.05) is 11.9 Å². The first-order valence-corrected chi connectivity index (χ1v) is 8.01. The van der Waals surface area contributed by atoms with Gasteiger partial charge in [-0.25, -0.2) is 0 Å². The van der Waals surface area contributed by atoms with Gasteiger partial charge in [-0.05, 0) is 42.5 Å². The summed E-state index contributed by atoms with van der Waals surface area (Å²) in [5, 5.41) is 14.2. The van der Waals surface area contributed by atoms with Gasteiger partial charge in [-0.1, -0.05) is 39.0 Å². The molecule has 0 aliphatic heterocycles. The lowest BCUT2D eigenvalue weighted by Gasteiger charge is -2.16. The fraction of sp³-hybridized carbons (Fsp3) is 0.389. The topological polar surface area (TPSA) is 66.9 Å². The molecular weight excluding hydrogens is 288 g/mol. The Morgan fingerprint density at radius 1 is 1.17 bits per heavy atom. The smallest absolute Gasteiger partial charge is 0.271 e. The summed E-state index contributed by atoms with van der Waals surface area (Å²) in [6, 6.07) is 9.70. The van der Waals surface area contributed by atoms with Crippen molar-refractivity contribution in [2.45, 2.75) is 40.0 Å². The summed E-state index contributed by atoms with van der Waals surface area (Å²) in [6.45, 7) is 9.03. The first kappa shape index (κ1) is 16.9. The van der Waals surface area contributed by atoms with E-state index in [4.69, 9.17) is 0 Å². The van der Waals surface area contributed by atoms with E-state index in [1.165, 1.54) is 5.56 Å². The zero-order chi connectivity index (χ0) is 16.8. The lowest BCUT2D eigenvalue weighted by Crippen LogP contribution is -2.25. The molecule has 2 rings (SSSR count). The van der Waals surface area contributed by atoms with Gasteiger partial charge in [0.25, 0.3) is 5.91 Å². The third-order valence-electron chi connectivity index (χ3n) is 3.61. The van der Waals surface area contributed by atoms with Crippen LogP contribution in [0.2, 0.25) is 0 Å². The Morgan fingerprint density at radius 3 is 2.57 bits per heavy atom. The third kappa shape index (κ3) is 4.28. The fourth-order valence-electron chi connectivity index (χ4n) is 2.32. The summed E-state index contributed by atoms with van der Waals surface area (Å²) < 4.78 is 0. The van der Waals surface area contributed by atoms with Crippen LogP contribution in [-0.2, 0) is 0 Å². The van der Waals surface area contributed by atoms with E-state index in [1.54, 1.807) is 12.1 Å². The van der Waals surface area contributed by atoms with Crippen molar-refractivity contribution in [1.82, 2.24) is 15.5 Å². The number of para-hydroxylation sites is 1. The van der Waals surface area contributed by atoms with Crippen LogP contribution in [0.3, 0.4) is 0 Å². The van der Waals surface area contributed by atoms with E-state index in [9.17, 15) is 4.79 Å². The Bertz CT molecular complexity index is 665. The Morgan fingerprint density at radius 2 is 1.96 bits per heavy atom. The predicted molar refractivity (Wildman–Crippen MR) is 93.2 cm³/mol. The molecule has 0 fully saturated rings. The van der Waals surface area contributed by atoms with E-state index in [1.807, 2.05) is 6.92 Å². The number of nitrogens with one attached hydrogen (secondary N) is 2. The molecule has 122 valence electrons. The SMILES string of the molecule is CCCNC(=O)c1ccc(Nc2c(C)cccc2C(C)C)nn1. The van der Waals surface area contributed by atoms with Crippen molar-refractivity contribution in [3.05, 3.63) is 47.2 Å². The molecule has 0 bridgehead atoms. The molecule has 2 aromatic rings. The maximum absolute atomic E-state index is 11.8. The number of carbonyl (C=O) groups is 1. The number of rotatable bonds is 6. The van der Waals surface area contributed by atoms with Crippen LogP contribution >= 0.6 is 0 Å². The van der Waals surface area contributed by atoms with Crippen molar-refractivity contribution in [3.63, 3.8) is 0 Å². The van der Waals surface area contributed by atoms with Gasteiger partial charge in [-0.15, -0.1) is 10.2 Å². The van der Waals surface area contributed by atoms with E-state index < -0.39 is 0 Å². The average molecular weight is 312 g/mol. The number of nitrogens with zero attached hydrogens (tertiary/aromatic N) is 2. The van der Waals surface area contributed by atoms with Crippen molar-refractivity contribution in [3.8, 4) is 0 Å². The number of hydrogen-bond acceptors (Lipinski definition) is 4. The van der Waals surface area contributed by atoms with Crippen LogP contribution in [0.4, 0.5) is 11.5 Å². The van der Waals surface area contributed by atoms with E-state index in [2.05, 4.69) is 59.8 Å². The number of benzene rings is 1. The van der Waals surface area contributed by atoms with Crippen LogP contribution in [0.15, 0.2) is 30.3 Å². The Kier molecular flexibility index (Phi) is 5.68. The molecule has 5 nitrogen and oxygen atoms in total. The quantitative estimate of drug-likeness (QED) is 0.851. The van der Waals surface area contributed by atoms with E-state index in [0.29, 0.717) is 24.0 Å². The molecule has 1 aromatic heterocycles. The molecule has 0 unspecified atom stereocenters. The van der Waals surface area contributed by atoms with E-state index >= 15 is 0 Å². The normalized spacial score (nSPS) is 10.7. The van der Waals surface area contributed by atoms with Crippen molar-refractivity contribution < 1.29 is 4.79 Å². The molecule has 2 N–H and O–H groups in total. The lowest BCUT2D eigenvalue weighted by atomic mass is 9.98. The minimum atomic E-state index is -0.190. The standard InChI is InChI=1S/C18H24N4O/c1-5-11-19-18(23)15-9-10-16(22-21-15)20-17-13(4)7-6-8-14(17)12(2)3/h6-10,12H,5,11H2,1-4H3,(H,19,23)(H,20,22). The second kappa shape index (κ2) is 7.72. The summed E-state index contributed by atoms with van der Waals surface area (Å²) in [6.07, 6.45) is 0.893. The minimum Gasteiger partial charge on any atom is -0.351 e. The Labute approximate surface area is 137 Å². The molecule has 1 amide bonds. The highest BCUT2D eigenvalue weighted by atomic mass is 16.1. The van der Waals surface area contributed by atoms with Gasteiger partial charge in [-0.3, -0.25) is 4.79 Å². The van der Waals surface area contributed by atoms with Crippen LogP contribution in [0.25, 0.3) is 0 Å². The van der Waals surface area contributed by atoms with Gasteiger partial charge in [0.05, 0.1) is 0 Å². The maximum Gasteiger partial charge on any atom is 0.271 e. The number of anilines is 2. The molecule has 0 saturated carbocycles. The van der Waals surface area contributed by atoms with Crippen LogP contribution in [0.5, 0.6) is 0 Å². The van der Waals surface area contributed by atoms with Crippen molar-refractivity contribution in [2.24, 2.45) is 0 Å². The molecule has 1 aromatic carbocycles.